The molecule has 1 heterocycles. The molecule has 1 aliphatic heterocycles. The van der Waals surface area contributed by atoms with E-state index >= 15 is 0 Å². The van der Waals surface area contributed by atoms with Crippen LogP contribution in [0.15, 0.2) is 29.3 Å². The molecule has 120 valence electrons. The van der Waals surface area contributed by atoms with Gasteiger partial charge in [-0.15, -0.1) is 0 Å². The van der Waals surface area contributed by atoms with Crippen LogP contribution in [0.1, 0.15) is 29.9 Å². The van der Waals surface area contributed by atoms with Gasteiger partial charge >= 0.3 is 0 Å². The Morgan fingerprint density at radius 2 is 2.23 bits per heavy atom. The predicted molar refractivity (Wildman–Crippen MR) is 90.4 cm³/mol. The number of rotatable bonds is 4. The Bertz CT molecular complexity index is 537. The van der Waals surface area contributed by atoms with Crippen molar-refractivity contribution in [2.45, 2.75) is 31.7 Å². The second-order valence-electron chi connectivity index (χ2n) is 6.61. The SMILES string of the molecule is CN=C(NC1CC1c1ccccc1C)N(C)CC1CCOC1. The second-order valence-corrected chi connectivity index (χ2v) is 6.61. The summed E-state index contributed by atoms with van der Waals surface area (Å²) in [5.41, 5.74) is 2.87. The highest BCUT2D eigenvalue weighted by atomic mass is 16.5. The first-order chi connectivity index (χ1) is 10.7. The van der Waals surface area contributed by atoms with Gasteiger partial charge in [0.25, 0.3) is 0 Å². The predicted octanol–water partition coefficient (Wildman–Crippen LogP) is 2.39. The maximum absolute atomic E-state index is 5.47. The summed E-state index contributed by atoms with van der Waals surface area (Å²) >= 11 is 0. The van der Waals surface area contributed by atoms with Gasteiger partial charge in [-0.25, -0.2) is 0 Å². The monoisotopic (exact) mass is 301 g/mol. The van der Waals surface area contributed by atoms with Crippen molar-refractivity contribution in [2.24, 2.45) is 10.9 Å². The number of aryl methyl sites for hydroxylation is 1. The van der Waals surface area contributed by atoms with Crippen molar-refractivity contribution in [2.75, 3.05) is 33.9 Å². The fourth-order valence-electron chi connectivity index (χ4n) is 3.41. The van der Waals surface area contributed by atoms with Gasteiger partial charge in [-0.2, -0.15) is 0 Å². The third-order valence-electron chi connectivity index (χ3n) is 4.82. The summed E-state index contributed by atoms with van der Waals surface area (Å²) in [4.78, 5) is 6.69. The molecule has 0 radical (unpaired) electrons. The summed E-state index contributed by atoms with van der Waals surface area (Å²) in [6.45, 7) is 5.01. The number of hydrogen-bond donors (Lipinski definition) is 1. The maximum Gasteiger partial charge on any atom is 0.193 e. The molecule has 3 rings (SSSR count). The van der Waals surface area contributed by atoms with E-state index in [0.717, 1.165) is 32.1 Å². The third-order valence-corrected chi connectivity index (χ3v) is 4.82. The van der Waals surface area contributed by atoms with Crippen LogP contribution < -0.4 is 5.32 Å². The normalized spacial score (nSPS) is 27.8. The number of benzene rings is 1. The molecule has 0 amide bonds. The number of nitrogens with one attached hydrogen (secondary N) is 1. The Balaban J connectivity index is 1.55. The summed E-state index contributed by atoms with van der Waals surface area (Å²) in [5, 5.41) is 3.63. The van der Waals surface area contributed by atoms with E-state index in [1.807, 2.05) is 7.05 Å². The number of aliphatic imine (C=N–C) groups is 1. The highest BCUT2D eigenvalue weighted by Gasteiger charge is 2.40. The van der Waals surface area contributed by atoms with Crippen molar-refractivity contribution in [3.63, 3.8) is 0 Å². The molecule has 4 nitrogen and oxygen atoms in total. The number of ether oxygens (including phenoxy) is 1. The molecular formula is C18H27N3O. The van der Waals surface area contributed by atoms with Crippen molar-refractivity contribution < 1.29 is 4.74 Å². The van der Waals surface area contributed by atoms with E-state index in [0.29, 0.717) is 17.9 Å². The lowest BCUT2D eigenvalue weighted by Gasteiger charge is -2.24. The summed E-state index contributed by atoms with van der Waals surface area (Å²) in [7, 11) is 3.99. The molecular weight excluding hydrogens is 274 g/mol. The van der Waals surface area contributed by atoms with Crippen molar-refractivity contribution in [3.05, 3.63) is 35.4 Å². The molecule has 0 bridgehead atoms. The van der Waals surface area contributed by atoms with Crippen LogP contribution in [-0.2, 0) is 4.74 Å². The topological polar surface area (TPSA) is 36.9 Å². The van der Waals surface area contributed by atoms with Gasteiger partial charge in [-0.05, 0) is 30.9 Å². The van der Waals surface area contributed by atoms with Crippen LogP contribution in [0.3, 0.4) is 0 Å². The highest BCUT2D eigenvalue weighted by molar-refractivity contribution is 5.80. The van der Waals surface area contributed by atoms with Crippen LogP contribution in [-0.4, -0.2) is 50.8 Å². The molecule has 22 heavy (non-hydrogen) atoms. The molecule has 1 aromatic carbocycles. The molecule has 4 heteroatoms. The van der Waals surface area contributed by atoms with Crippen LogP contribution in [0, 0.1) is 12.8 Å². The molecule has 1 saturated heterocycles. The first-order valence-corrected chi connectivity index (χ1v) is 8.26. The largest absolute Gasteiger partial charge is 0.381 e. The molecule has 2 aliphatic rings. The molecule has 3 atom stereocenters. The molecule has 0 aromatic heterocycles. The molecule has 2 fully saturated rings. The van der Waals surface area contributed by atoms with Gasteiger partial charge in [0.1, 0.15) is 0 Å². The fraction of sp³-hybridized carbons (Fsp3) is 0.611. The van der Waals surface area contributed by atoms with Gasteiger partial charge < -0.3 is 15.0 Å². The Hall–Kier alpha value is -1.55. The van der Waals surface area contributed by atoms with E-state index in [1.54, 1.807) is 0 Å². The number of nitrogens with zero attached hydrogens (tertiary/aromatic N) is 2. The summed E-state index contributed by atoms with van der Waals surface area (Å²) < 4.78 is 5.47. The van der Waals surface area contributed by atoms with Gasteiger partial charge in [0.05, 0.1) is 6.61 Å². The molecule has 1 aliphatic carbocycles. The van der Waals surface area contributed by atoms with Gasteiger partial charge in [0, 0.05) is 45.1 Å². The molecule has 3 unspecified atom stereocenters. The maximum atomic E-state index is 5.47. The minimum absolute atomic E-state index is 0.516. The number of hydrogen-bond acceptors (Lipinski definition) is 2. The van der Waals surface area contributed by atoms with Crippen LogP contribution in [0.25, 0.3) is 0 Å². The first-order valence-electron chi connectivity index (χ1n) is 8.26. The Morgan fingerprint density at radius 3 is 2.91 bits per heavy atom. The van der Waals surface area contributed by atoms with E-state index in [-0.39, 0.29) is 0 Å². The smallest absolute Gasteiger partial charge is 0.193 e. The lowest BCUT2D eigenvalue weighted by Crippen LogP contribution is -2.42. The van der Waals surface area contributed by atoms with Crippen molar-refractivity contribution in [1.82, 2.24) is 10.2 Å². The second kappa shape index (κ2) is 6.69. The van der Waals surface area contributed by atoms with Crippen LogP contribution in [0.4, 0.5) is 0 Å². The minimum atomic E-state index is 0.516. The highest BCUT2D eigenvalue weighted by Crippen LogP contribution is 2.42. The van der Waals surface area contributed by atoms with Gasteiger partial charge in [-0.1, -0.05) is 24.3 Å². The molecule has 1 saturated carbocycles. The zero-order chi connectivity index (χ0) is 15.5. The Morgan fingerprint density at radius 1 is 1.41 bits per heavy atom. The van der Waals surface area contributed by atoms with Crippen LogP contribution >= 0.6 is 0 Å². The molecule has 1 N–H and O–H groups in total. The van der Waals surface area contributed by atoms with Crippen molar-refractivity contribution >= 4 is 5.96 Å². The van der Waals surface area contributed by atoms with Crippen LogP contribution in [0.5, 0.6) is 0 Å². The zero-order valence-electron chi connectivity index (χ0n) is 13.9. The standard InChI is InChI=1S/C18H27N3O/c1-13-6-4-5-7-15(13)16-10-17(16)20-18(19-2)21(3)11-14-8-9-22-12-14/h4-7,14,16-17H,8-12H2,1-3H3,(H,19,20). The summed E-state index contributed by atoms with van der Waals surface area (Å²) in [5.74, 6) is 2.27. The van der Waals surface area contributed by atoms with Gasteiger partial charge in [-0.3, -0.25) is 4.99 Å². The lowest BCUT2D eigenvalue weighted by atomic mass is 10.0. The third kappa shape index (κ3) is 3.43. The first kappa shape index (κ1) is 15.3. The summed E-state index contributed by atoms with van der Waals surface area (Å²) in [6, 6.07) is 9.22. The van der Waals surface area contributed by atoms with Crippen LogP contribution in [0.2, 0.25) is 0 Å². The van der Waals surface area contributed by atoms with E-state index < -0.39 is 0 Å². The lowest BCUT2D eigenvalue weighted by molar-refractivity contribution is 0.181. The van der Waals surface area contributed by atoms with Crippen molar-refractivity contribution in [3.8, 4) is 0 Å². The Labute approximate surface area is 133 Å². The quantitative estimate of drug-likeness (QED) is 0.685. The fourth-order valence-corrected chi connectivity index (χ4v) is 3.41. The summed E-state index contributed by atoms with van der Waals surface area (Å²) in [6.07, 6.45) is 2.36. The number of guanidine groups is 1. The van der Waals surface area contributed by atoms with Gasteiger partial charge in [0.15, 0.2) is 5.96 Å². The molecule has 1 aromatic rings. The van der Waals surface area contributed by atoms with E-state index in [2.05, 4.69) is 53.4 Å². The molecule has 0 spiro atoms. The van der Waals surface area contributed by atoms with Crippen molar-refractivity contribution in [1.29, 1.82) is 0 Å². The van der Waals surface area contributed by atoms with Gasteiger partial charge in [0.2, 0.25) is 0 Å². The van der Waals surface area contributed by atoms with E-state index in [4.69, 9.17) is 4.74 Å². The average Bonchev–Trinajstić information content (AvgIpc) is 3.09. The van der Waals surface area contributed by atoms with E-state index in [1.165, 1.54) is 17.5 Å². The Kier molecular flexibility index (Phi) is 4.67. The zero-order valence-corrected chi connectivity index (χ0v) is 13.9. The van der Waals surface area contributed by atoms with E-state index in [9.17, 15) is 0 Å². The average molecular weight is 301 g/mol. The minimum Gasteiger partial charge on any atom is -0.381 e.